The Hall–Kier alpha value is -3.35. The standard InChI is InChI=1S/C20H22N4O3/c1-21-20(27)14-8-10-15(11-9-14)23-18(25)13-22-16-5-2-3-6-17(16)24-12-4-7-19(24)26/h2-3,5-6,8-11,22H,4,7,12-13H2,1H3,(H,21,27)(H,23,25). The Morgan fingerprint density at radius 3 is 2.48 bits per heavy atom. The molecule has 7 heteroatoms. The van der Waals surface area contributed by atoms with E-state index in [9.17, 15) is 14.4 Å². The highest BCUT2D eigenvalue weighted by Crippen LogP contribution is 2.29. The van der Waals surface area contributed by atoms with Gasteiger partial charge in [-0.2, -0.15) is 0 Å². The fraction of sp³-hybridized carbons (Fsp3) is 0.250. The molecule has 140 valence electrons. The minimum absolute atomic E-state index is 0.0657. The van der Waals surface area contributed by atoms with E-state index in [1.165, 1.54) is 0 Å². The second-order valence-electron chi connectivity index (χ2n) is 6.22. The van der Waals surface area contributed by atoms with E-state index in [1.54, 1.807) is 36.2 Å². The van der Waals surface area contributed by atoms with Crippen LogP contribution in [0.2, 0.25) is 0 Å². The zero-order valence-corrected chi connectivity index (χ0v) is 15.1. The Balaban J connectivity index is 1.60. The molecule has 3 rings (SSSR count). The number of hydrogen-bond acceptors (Lipinski definition) is 4. The molecule has 1 heterocycles. The van der Waals surface area contributed by atoms with Gasteiger partial charge >= 0.3 is 0 Å². The summed E-state index contributed by atoms with van der Waals surface area (Å²) in [5, 5.41) is 8.43. The Morgan fingerprint density at radius 2 is 1.81 bits per heavy atom. The smallest absolute Gasteiger partial charge is 0.251 e. The predicted molar refractivity (Wildman–Crippen MR) is 105 cm³/mol. The Bertz CT molecular complexity index is 849. The third-order valence-corrected chi connectivity index (χ3v) is 4.37. The second kappa shape index (κ2) is 8.35. The number of rotatable bonds is 6. The first-order valence-corrected chi connectivity index (χ1v) is 8.84. The van der Waals surface area contributed by atoms with E-state index in [1.807, 2.05) is 24.3 Å². The number of para-hydroxylation sites is 2. The van der Waals surface area contributed by atoms with Gasteiger partial charge < -0.3 is 20.9 Å². The maximum atomic E-state index is 12.2. The number of nitrogens with zero attached hydrogens (tertiary/aromatic N) is 1. The monoisotopic (exact) mass is 366 g/mol. The van der Waals surface area contributed by atoms with Crippen molar-refractivity contribution in [3.63, 3.8) is 0 Å². The number of anilines is 3. The van der Waals surface area contributed by atoms with Crippen LogP contribution in [0.15, 0.2) is 48.5 Å². The molecule has 0 saturated carbocycles. The van der Waals surface area contributed by atoms with Crippen molar-refractivity contribution in [1.82, 2.24) is 5.32 Å². The van der Waals surface area contributed by atoms with Gasteiger partial charge in [0.15, 0.2) is 0 Å². The lowest BCUT2D eigenvalue weighted by Gasteiger charge is -2.20. The zero-order chi connectivity index (χ0) is 19.2. The molecule has 0 spiro atoms. The Labute approximate surface area is 157 Å². The highest BCUT2D eigenvalue weighted by Gasteiger charge is 2.23. The van der Waals surface area contributed by atoms with Crippen LogP contribution in [0.5, 0.6) is 0 Å². The highest BCUT2D eigenvalue weighted by molar-refractivity contribution is 6.00. The van der Waals surface area contributed by atoms with Crippen LogP contribution >= 0.6 is 0 Å². The molecule has 27 heavy (non-hydrogen) atoms. The van der Waals surface area contributed by atoms with Gasteiger partial charge in [-0.05, 0) is 42.8 Å². The molecule has 0 unspecified atom stereocenters. The predicted octanol–water partition coefficient (Wildman–Crippen LogP) is 2.22. The van der Waals surface area contributed by atoms with Crippen LogP contribution in [0, 0.1) is 0 Å². The molecule has 3 amide bonds. The van der Waals surface area contributed by atoms with Crippen molar-refractivity contribution in [2.75, 3.05) is 35.7 Å². The van der Waals surface area contributed by atoms with Gasteiger partial charge in [0.05, 0.1) is 17.9 Å². The van der Waals surface area contributed by atoms with Crippen molar-refractivity contribution < 1.29 is 14.4 Å². The van der Waals surface area contributed by atoms with Crippen LogP contribution in [-0.4, -0.2) is 37.9 Å². The van der Waals surface area contributed by atoms with Crippen molar-refractivity contribution in [2.24, 2.45) is 0 Å². The van der Waals surface area contributed by atoms with E-state index in [4.69, 9.17) is 0 Å². The Kier molecular flexibility index (Phi) is 5.71. The van der Waals surface area contributed by atoms with Crippen LogP contribution in [0.4, 0.5) is 17.1 Å². The summed E-state index contributed by atoms with van der Waals surface area (Å²) >= 11 is 0. The molecule has 0 bridgehead atoms. The molecule has 1 aliphatic heterocycles. The lowest BCUT2D eigenvalue weighted by molar-refractivity contribution is -0.117. The first-order valence-electron chi connectivity index (χ1n) is 8.84. The number of carbonyl (C=O) groups is 3. The second-order valence-corrected chi connectivity index (χ2v) is 6.22. The molecule has 1 saturated heterocycles. The van der Waals surface area contributed by atoms with Crippen LogP contribution < -0.4 is 20.9 Å². The molecule has 2 aromatic carbocycles. The molecule has 3 N–H and O–H groups in total. The van der Waals surface area contributed by atoms with Crippen molar-refractivity contribution in [1.29, 1.82) is 0 Å². The minimum atomic E-state index is -0.217. The zero-order valence-electron chi connectivity index (χ0n) is 15.1. The molecular weight excluding hydrogens is 344 g/mol. The summed E-state index contributed by atoms with van der Waals surface area (Å²) in [7, 11) is 1.57. The molecular formula is C20H22N4O3. The van der Waals surface area contributed by atoms with Gasteiger partial charge in [0.25, 0.3) is 5.91 Å². The first-order chi connectivity index (χ1) is 13.1. The highest BCUT2D eigenvalue weighted by atomic mass is 16.2. The number of hydrogen-bond donors (Lipinski definition) is 3. The molecule has 0 atom stereocenters. The average molecular weight is 366 g/mol. The van der Waals surface area contributed by atoms with E-state index in [0.717, 1.165) is 17.8 Å². The molecule has 1 fully saturated rings. The summed E-state index contributed by atoms with van der Waals surface area (Å²) in [4.78, 5) is 37.5. The Morgan fingerprint density at radius 1 is 1.07 bits per heavy atom. The number of amides is 3. The summed E-state index contributed by atoms with van der Waals surface area (Å²) in [6, 6.07) is 14.1. The summed E-state index contributed by atoms with van der Waals surface area (Å²) in [6.45, 7) is 0.762. The fourth-order valence-corrected chi connectivity index (χ4v) is 2.99. The van der Waals surface area contributed by atoms with Gasteiger partial charge in [-0.1, -0.05) is 12.1 Å². The van der Waals surface area contributed by atoms with Crippen LogP contribution in [-0.2, 0) is 9.59 Å². The SMILES string of the molecule is CNC(=O)c1ccc(NC(=O)CNc2ccccc2N2CCCC2=O)cc1. The van der Waals surface area contributed by atoms with Crippen LogP contribution in [0.25, 0.3) is 0 Å². The van der Waals surface area contributed by atoms with Crippen molar-refractivity contribution in [2.45, 2.75) is 12.8 Å². The number of nitrogens with one attached hydrogen (secondary N) is 3. The van der Waals surface area contributed by atoms with Crippen molar-refractivity contribution >= 4 is 34.8 Å². The molecule has 0 aromatic heterocycles. The van der Waals surface area contributed by atoms with Crippen molar-refractivity contribution in [3.8, 4) is 0 Å². The maximum absolute atomic E-state index is 12.2. The topological polar surface area (TPSA) is 90.5 Å². The van der Waals surface area contributed by atoms with Gasteiger partial charge in [-0.25, -0.2) is 0 Å². The molecule has 2 aromatic rings. The third kappa shape index (κ3) is 4.44. The molecule has 0 radical (unpaired) electrons. The normalized spacial score (nSPS) is 13.4. The van der Waals surface area contributed by atoms with Gasteiger partial charge in [-0.15, -0.1) is 0 Å². The minimum Gasteiger partial charge on any atom is -0.374 e. The summed E-state index contributed by atoms with van der Waals surface area (Å²) in [6.07, 6.45) is 1.40. The quantitative estimate of drug-likeness (QED) is 0.731. The number of benzene rings is 2. The van der Waals surface area contributed by atoms with Crippen LogP contribution in [0.3, 0.4) is 0 Å². The van der Waals surface area contributed by atoms with E-state index in [2.05, 4.69) is 16.0 Å². The van der Waals surface area contributed by atoms with Gasteiger partial charge in [-0.3, -0.25) is 14.4 Å². The molecule has 7 nitrogen and oxygen atoms in total. The summed E-state index contributed by atoms with van der Waals surface area (Å²) < 4.78 is 0. The van der Waals surface area contributed by atoms with E-state index >= 15 is 0 Å². The third-order valence-electron chi connectivity index (χ3n) is 4.37. The number of carbonyl (C=O) groups excluding carboxylic acids is 3. The summed E-state index contributed by atoms with van der Waals surface area (Å²) in [5.41, 5.74) is 2.68. The van der Waals surface area contributed by atoms with Gasteiger partial charge in [0.2, 0.25) is 11.8 Å². The average Bonchev–Trinajstić information content (AvgIpc) is 3.12. The lowest BCUT2D eigenvalue weighted by atomic mass is 10.2. The maximum Gasteiger partial charge on any atom is 0.251 e. The van der Waals surface area contributed by atoms with E-state index in [-0.39, 0.29) is 24.3 Å². The largest absolute Gasteiger partial charge is 0.374 e. The van der Waals surface area contributed by atoms with E-state index < -0.39 is 0 Å². The van der Waals surface area contributed by atoms with Crippen LogP contribution in [0.1, 0.15) is 23.2 Å². The summed E-state index contributed by atoms with van der Waals surface area (Å²) in [5.74, 6) is -0.294. The first kappa shape index (κ1) is 18.4. The lowest BCUT2D eigenvalue weighted by Crippen LogP contribution is -2.26. The van der Waals surface area contributed by atoms with Gasteiger partial charge in [0, 0.05) is 31.3 Å². The van der Waals surface area contributed by atoms with E-state index in [0.29, 0.717) is 24.2 Å². The molecule has 0 aliphatic carbocycles. The fourth-order valence-electron chi connectivity index (χ4n) is 2.99. The van der Waals surface area contributed by atoms with Crippen molar-refractivity contribution in [3.05, 3.63) is 54.1 Å². The van der Waals surface area contributed by atoms with Gasteiger partial charge in [0.1, 0.15) is 0 Å². The molecule has 1 aliphatic rings.